The quantitative estimate of drug-likeness (QED) is 0.820. The number of nitrogens with one attached hydrogen (secondary N) is 1. The van der Waals surface area contributed by atoms with Crippen LogP contribution in [0.2, 0.25) is 0 Å². The fraction of sp³-hybridized carbons (Fsp3) is 0.455. The lowest BCUT2D eigenvalue weighted by atomic mass is 9.96. The Morgan fingerprint density at radius 1 is 1.07 bits per heavy atom. The summed E-state index contributed by atoms with van der Waals surface area (Å²) in [6.45, 7) is 10.5. The average Bonchev–Trinajstić information content (AvgIpc) is 3.07. The van der Waals surface area contributed by atoms with Gasteiger partial charge in [-0.05, 0) is 42.8 Å². The Kier molecular flexibility index (Phi) is 6.17. The van der Waals surface area contributed by atoms with E-state index < -0.39 is 5.41 Å². The molecular formula is C22H29N3O3S. The topological polar surface area (TPSA) is 61.9 Å². The molecule has 1 saturated heterocycles. The number of carbonyl (C=O) groups is 2. The number of piperazine rings is 1. The van der Waals surface area contributed by atoms with Gasteiger partial charge in [0.15, 0.2) is 0 Å². The van der Waals surface area contributed by atoms with Gasteiger partial charge in [0, 0.05) is 37.3 Å². The van der Waals surface area contributed by atoms with Gasteiger partial charge in [0.1, 0.15) is 5.75 Å². The van der Waals surface area contributed by atoms with Crippen LogP contribution in [0.3, 0.4) is 0 Å². The normalized spacial score (nSPS) is 14.7. The van der Waals surface area contributed by atoms with E-state index in [-0.39, 0.29) is 11.8 Å². The number of hydrogen-bond donors (Lipinski definition) is 1. The number of aryl methyl sites for hydroxylation is 1. The van der Waals surface area contributed by atoms with Crippen LogP contribution in [0, 0.1) is 12.3 Å². The van der Waals surface area contributed by atoms with Crippen molar-refractivity contribution in [2.75, 3.05) is 43.5 Å². The molecule has 2 heterocycles. The molecule has 1 aromatic heterocycles. The second-order valence-corrected chi connectivity index (χ2v) is 9.36. The smallest absolute Gasteiger partial charge is 0.264 e. The Morgan fingerprint density at radius 3 is 2.24 bits per heavy atom. The Balaban J connectivity index is 1.62. The molecule has 29 heavy (non-hydrogen) atoms. The van der Waals surface area contributed by atoms with E-state index in [4.69, 9.17) is 4.74 Å². The van der Waals surface area contributed by atoms with Crippen molar-refractivity contribution >= 4 is 33.8 Å². The molecule has 6 nitrogen and oxygen atoms in total. The molecule has 0 spiro atoms. The lowest BCUT2D eigenvalue weighted by Crippen LogP contribution is -2.48. The highest BCUT2D eigenvalue weighted by molar-refractivity contribution is 7.18. The summed E-state index contributed by atoms with van der Waals surface area (Å²) >= 11 is 1.36. The summed E-state index contributed by atoms with van der Waals surface area (Å²) in [4.78, 5) is 30.1. The zero-order valence-electron chi connectivity index (χ0n) is 17.7. The van der Waals surface area contributed by atoms with Gasteiger partial charge in [0.2, 0.25) is 5.91 Å². The van der Waals surface area contributed by atoms with E-state index in [1.165, 1.54) is 11.3 Å². The van der Waals surface area contributed by atoms with Crippen molar-refractivity contribution in [3.05, 3.63) is 40.8 Å². The number of nitrogens with zero attached hydrogens (tertiary/aromatic N) is 2. The van der Waals surface area contributed by atoms with Crippen molar-refractivity contribution in [2.45, 2.75) is 27.7 Å². The number of anilines is 2. The number of thiophene rings is 1. The maximum Gasteiger partial charge on any atom is 0.264 e. The average molecular weight is 416 g/mol. The Hall–Kier alpha value is -2.54. The number of hydrogen-bond acceptors (Lipinski definition) is 5. The van der Waals surface area contributed by atoms with Crippen molar-refractivity contribution in [2.24, 2.45) is 5.41 Å². The van der Waals surface area contributed by atoms with Gasteiger partial charge in [-0.15, -0.1) is 11.3 Å². The standard InChI is InChI=1S/C22H29N3O3S/c1-15-14-18(23-21(27)22(2,3)4)29-19(15)20(26)25-12-10-24(11-13-25)16-6-8-17(28-5)9-7-16/h6-9,14H,10-13H2,1-5H3,(H,23,27). The first-order chi connectivity index (χ1) is 13.7. The lowest BCUT2D eigenvalue weighted by Gasteiger charge is -2.36. The van der Waals surface area contributed by atoms with Gasteiger partial charge >= 0.3 is 0 Å². The maximum absolute atomic E-state index is 13.0. The summed E-state index contributed by atoms with van der Waals surface area (Å²) in [5.41, 5.74) is 1.57. The third kappa shape index (κ3) is 4.90. The number of methoxy groups -OCH3 is 1. The Labute approximate surface area is 176 Å². The van der Waals surface area contributed by atoms with Gasteiger partial charge in [-0.25, -0.2) is 0 Å². The van der Waals surface area contributed by atoms with Gasteiger partial charge in [0.25, 0.3) is 5.91 Å². The molecular weight excluding hydrogens is 386 g/mol. The third-order valence-electron chi connectivity index (χ3n) is 5.03. The molecule has 1 aliphatic heterocycles. The van der Waals surface area contributed by atoms with Crippen LogP contribution in [0.25, 0.3) is 0 Å². The molecule has 3 rings (SSSR count). The van der Waals surface area contributed by atoms with Crippen LogP contribution < -0.4 is 15.0 Å². The Morgan fingerprint density at radius 2 is 1.69 bits per heavy atom. The van der Waals surface area contributed by atoms with Crippen molar-refractivity contribution in [3.63, 3.8) is 0 Å². The highest BCUT2D eigenvalue weighted by Crippen LogP contribution is 2.30. The number of ether oxygens (including phenoxy) is 1. The molecule has 0 unspecified atom stereocenters. The highest BCUT2D eigenvalue weighted by atomic mass is 32.1. The van der Waals surface area contributed by atoms with Crippen LogP contribution in [-0.4, -0.2) is 50.0 Å². The summed E-state index contributed by atoms with van der Waals surface area (Å²) < 4.78 is 5.21. The number of rotatable bonds is 4. The van der Waals surface area contributed by atoms with Crippen LogP contribution in [0.4, 0.5) is 10.7 Å². The highest BCUT2D eigenvalue weighted by Gasteiger charge is 2.26. The monoisotopic (exact) mass is 415 g/mol. The van der Waals surface area contributed by atoms with E-state index >= 15 is 0 Å². The molecule has 0 atom stereocenters. The minimum absolute atomic E-state index is 0.0399. The summed E-state index contributed by atoms with van der Waals surface area (Å²) in [5.74, 6) is 0.828. The lowest BCUT2D eigenvalue weighted by molar-refractivity contribution is -0.123. The molecule has 7 heteroatoms. The van der Waals surface area contributed by atoms with Gasteiger partial charge in [-0.3, -0.25) is 9.59 Å². The number of amides is 2. The maximum atomic E-state index is 13.0. The van der Waals surface area contributed by atoms with Crippen molar-refractivity contribution in [3.8, 4) is 5.75 Å². The van der Waals surface area contributed by atoms with Gasteiger partial charge in [-0.2, -0.15) is 0 Å². The predicted molar refractivity (Wildman–Crippen MR) is 118 cm³/mol. The molecule has 0 bridgehead atoms. The van der Waals surface area contributed by atoms with Gasteiger partial charge in [-0.1, -0.05) is 20.8 Å². The minimum atomic E-state index is -0.472. The zero-order chi connectivity index (χ0) is 21.2. The molecule has 0 saturated carbocycles. The second kappa shape index (κ2) is 8.45. The molecule has 1 N–H and O–H groups in total. The van der Waals surface area contributed by atoms with E-state index in [1.807, 2.05) is 62.9 Å². The first kappa shape index (κ1) is 21.2. The number of carbonyl (C=O) groups excluding carboxylic acids is 2. The van der Waals surface area contributed by atoms with E-state index in [2.05, 4.69) is 10.2 Å². The first-order valence-electron chi connectivity index (χ1n) is 9.79. The van der Waals surface area contributed by atoms with Crippen molar-refractivity contribution < 1.29 is 14.3 Å². The van der Waals surface area contributed by atoms with E-state index in [9.17, 15) is 9.59 Å². The van der Waals surface area contributed by atoms with E-state index in [0.717, 1.165) is 35.1 Å². The fourth-order valence-corrected chi connectivity index (χ4v) is 4.20. The van der Waals surface area contributed by atoms with Crippen LogP contribution in [-0.2, 0) is 4.79 Å². The van der Waals surface area contributed by atoms with Crippen LogP contribution in [0.5, 0.6) is 5.75 Å². The van der Waals surface area contributed by atoms with Crippen molar-refractivity contribution in [1.29, 1.82) is 0 Å². The molecule has 2 amide bonds. The summed E-state index contributed by atoms with van der Waals surface area (Å²) in [6.07, 6.45) is 0. The van der Waals surface area contributed by atoms with Gasteiger partial charge < -0.3 is 19.9 Å². The number of benzene rings is 1. The summed E-state index contributed by atoms with van der Waals surface area (Å²) in [5, 5.41) is 3.65. The molecule has 0 aliphatic carbocycles. The van der Waals surface area contributed by atoms with Crippen molar-refractivity contribution in [1.82, 2.24) is 4.90 Å². The summed E-state index contributed by atoms with van der Waals surface area (Å²) in [7, 11) is 1.66. The van der Waals surface area contributed by atoms with Crippen LogP contribution in [0.1, 0.15) is 36.0 Å². The van der Waals surface area contributed by atoms with E-state index in [1.54, 1.807) is 7.11 Å². The molecule has 0 radical (unpaired) electrons. The summed E-state index contributed by atoms with van der Waals surface area (Å²) in [6, 6.07) is 9.88. The second-order valence-electron chi connectivity index (χ2n) is 8.30. The molecule has 1 aliphatic rings. The minimum Gasteiger partial charge on any atom is -0.497 e. The molecule has 1 fully saturated rings. The van der Waals surface area contributed by atoms with Crippen LogP contribution >= 0.6 is 11.3 Å². The van der Waals surface area contributed by atoms with E-state index in [0.29, 0.717) is 18.0 Å². The first-order valence-corrected chi connectivity index (χ1v) is 10.6. The third-order valence-corrected chi connectivity index (χ3v) is 6.17. The molecule has 2 aromatic rings. The largest absolute Gasteiger partial charge is 0.497 e. The zero-order valence-corrected chi connectivity index (χ0v) is 18.6. The molecule has 1 aromatic carbocycles. The molecule has 156 valence electrons. The fourth-order valence-electron chi connectivity index (χ4n) is 3.16. The van der Waals surface area contributed by atoms with Crippen LogP contribution in [0.15, 0.2) is 30.3 Å². The van der Waals surface area contributed by atoms with Gasteiger partial charge in [0.05, 0.1) is 17.0 Å². The Bertz CT molecular complexity index is 876. The predicted octanol–water partition coefficient (Wildman–Crippen LogP) is 4.01. The SMILES string of the molecule is COc1ccc(N2CCN(C(=O)c3sc(NC(=O)C(C)(C)C)cc3C)CC2)cc1.